The number of nitrogens with zero attached hydrogens (tertiary/aromatic N) is 1. The number of benzene rings is 2. The molecule has 0 saturated carbocycles. The van der Waals surface area contributed by atoms with E-state index in [4.69, 9.17) is 4.74 Å². The van der Waals surface area contributed by atoms with Gasteiger partial charge in [-0.3, -0.25) is 14.9 Å². The molecule has 1 aliphatic rings. The van der Waals surface area contributed by atoms with Gasteiger partial charge in [0.15, 0.2) is 0 Å². The smallest absolute Gasteiger partial charge is 0.335 e. The Morgan fingerprint density at radius 2 is 1.78 bits per heavy atom. The summed E-state index contributed by atoms with van der Waals surface area (Å²) in [5.74, 6) is -0.669. The number of carbonyl (C=O) groups excluding carboxylic acids is 3. The highest BCUT2D eigenvalue weighted by Gasteiger charge is 2.36. The van der Waals surface area contributed by atoms with Crippen molar-refractivity contribution in [3.8, 4) is 5.75 Å². The van der Waals surface area contributed by atoms with Crippen molar-refractivity contribution in [2.75, 3.05) is 12.0 Å². The molecule has 0 aliphatic carbocycles. The highest BCUT2D eigenvalue weighted by atomic mass is 127. The fourth-order valence-electron chi connectivity index (χ4n) is 2.70. The van der Waals surface area contributed by atoms with Crippen LogP contribution in [0.15, 0.2) is 42.0 Å². The number of urea groups is 1. The van der Waals surface area contributed by atoms with Crippen molar-refractivity contribution in [3.05, 3.63) is 62.2 Å². The van der Waals surface area contributed by atoms with Gasteiger partial charge in [-0.25, -0.2) is 9.69 Å². The quantitative estimate of drug-likeness (QED) is 0.418. The lowest BCUT2D eigenvalue weighted by molar-refractivity contribution is -0.122. The largest absolute Gasteiger partial charge is 0.496 e. The minimum atomic E-state index is -0.755. The van der Waals surface area contributed by atoms with Crippen LogP contribution < -0.4 is 15.0 Å². The number of barbiturate groups is 1. The molecular formula is C20H17IN2O4. The third kappa shape index (κ3) is 3.73. The van der Waals surface area contributed by atoms with Crippen LogP contribution in [0, 0.1) is 17.4 Å². The van der Waals surface area contributed by atoms with E-state index >= 15 is 0 Å². The Balaban J connectivity index is 2.01. The van der Waals surface area contributed by atoms with E-state index in [2.05, 4.69) is 27.9 Å². The van der Waals surface area contributed by atoms with E-state index in [9.17, 15) is 14.4 Å². The molecule has 7 heteroatoms. The number of amides is 4. The second-order valence-electron chi connectivity index (χ2n) is 6.12. The number of hydrogen-bond donors (Lipinski definition) is 1. The maximum atomic E-state index is 12.9. The van der Waals surface area contributed by atoms with Crippen molar-refractivity contribution in [3.63, 3.8) is 0 Å². The summed E-state index contributed by atoms with van der Waals surface area (Å²) in [6, 6.07) is 9.80. The highest BCUT2D eigenvalue weighted by molar-refractivity contribution is 14.1. The van der Waals surface area contributed by atoms with Crippen LogP contribution in [0.1, 0.15) is 16.7 Å². The predicted molar refractivity (Wildman–Crippen MR) is 111 cm³/mol. The van der Waals surface area contributed by atoms with E-state index in [0.717, 1.165) is 19.6 Å². The molecule has 138 valence electrons. The average molecular weight is 476 g/mol. The third-order valence-electron chi connectivity index (χ3n) is 4.34. The molecule has 1 saturated heterocycles. The molecule has 0 unspecified atom stereocenters. The molecule has 0 radical (unpaired) electrons. The molecule has 1 heterocycles. The molecule has 0 spiro atoms. The van der Waals surface area contributed by atoms with Gasteiger partial charge in [0.1, 0.15) is 11.3 Å². The topological polar surface area (TPSA) is 75.7 Å². The summed E-state index contributed by atoms with van der Waals surface area (Å²) in [5, 5.41) is 2.23. The van der Waals surface area contributed by atoms with Crippen molar-refractivity contribution < 1.29 is 19.1 Å². The molecule has 4 amide bonds. The van der Waals surface area contributed by atoms with Gasteiger partial charge in [-0.1, -0.05) is 12.1 Å². The molecule has 0 bridgehead atoms. The van der Waals surface area contributed by atoms with Crippen molar-refractivity contribution in [2.24, 2.45) is 0 Å². The number of anilines is 1. The summed E-state index contributed by atoms with van der Waals surface area (Å²) in [7, 11) is 1.57. The van der Waals surface area contributed by atoms with Gasteiger partial charge in [0.2, 0.25) is 0 Å². The zero-order valence-corrected chi connectivity index (χ0v) is 17.2. The molecule has 1 fully saturated rings. The monoisotopic (exact) mass is 476 g/mol. The van der Waals surface area contributed by atoms with Crippen LogP contribution >= 0.6 is 22.6 Å². The number of imide groups is 2. The zero-order valence-electron chi connectivity index (χ0n) is 15.0. The maximum Gasteiger partial charge on any atom is 0.335 e. The van der Waals surface area contributed by atoms with Crippen LogP contribution in [-0.2, 0) is 9.59 Å². The Labute approximate surface area is 170 Å². The van der Waals surface area contributed by atoms with Crippen molar-refractivity contribution in [2.45, 2.75) is 13.8 Å². The Kier molecular flexibility index (Phi) is 5.31. The molecule has 0 atom stereocenters. The molecule has 2 aromatic rings. The first-order chi connectivity index (χ1) is 12.8. The molecule has 2 aromatic carbocycles. The number of rotatable bonds is 3. The summed E-state index contributed by atoms with van der Waals surface area (Å²) in [4.78, 5) is 38.4. The number of halogens is 1. The summed E-state index contributed by atoms with van der Waals surface area (Å²) in [6.45, 7) is 3.84. The second-order valence-corrected chi connectivity index (χ2v) is 7.28. The van der Waals surface area contributed by atoms with Crippen LogP contribution in [-0.4, -0.2) is 25.0 Å². The molecule has 1 aliphatic heterocycles. The van der Waals surface area contributed by atoms with Crippen LogP contribution in [0.5, 0.6) is 5.75 Å². The van der Waals surface area contributed by atoms with E-state index in [1.807, 2.05) is 19.9 Å². The number of aryl methyl sites for hydroxylation is 2. The van der Waals surface area contributed by atoms with Gasteiger partial charge in [0.05, 0.1) is 16.4 Å². The van der Waals surface area contributed by atoms with Crippen LogP contribution in [0.4, 0.5) is 10.5 Å². The van der Waals surface area contributed by atoms with Crippen molar-refractivity contribution >= 4 is 52.2 Å². The summed E-state index contributed by atoms with van der Waals surface area (Å²) < 4.78 is 6.06. The van der Waals surface area contributed by atoms with Crippen LogP contribution in [0.3, 0.4) is 0 Å². The molecule has 27 heavy (non-hydrogen) atoms. The summed E-state index contributed by atoms with van der Waals surface area (Å²) in [5.41, 5.74) is 2.97. The highest BCUT2D eigenvalue weighted by Crippen LogP contribution is 2.26. The van der Waals surface area contributed by atoms with E-state index in [0.29, 0.717) is 17.0 Å². The Bertz CT molecular complexity index is 997. The standard InChI is InChI=1S/C20H17IN2O4/c1-11-4-6-14(8-12(11)2)23-19(25)15(18(24)22-20(23)26)9-13-5-7-17(27-3)16(21)10-13/h4-10H,1-3H3,(H,22,24,26)/b15-9+. The van der Waals surface area contributed by atoms with Crippen molar-refractivity contribution in [1.82, 2.24) is 5.32 Å². The zero-order chi connectivity index (χ0) is 19.7. The Hall–Kier alpha value is -2.68. The maximum absolute atomic E-state index is 12.9. The molecular weight excluding hydrogens is 459 g/mol. The predicted octanol–water partition coefficient (Wildman–Crippen LogP) is 3.58. The summed E-state index contributed by atoms with van der Waals surface area (Å²) >= 11 is 2.11. The van der Waals surface area contributed by atoms with Gasteiger partial charge in [-0.2, -0.15) is 0 Å². The number of hydrogen-bond acceptors (Lipinski definition) is 4. The fourth-order valence-corrected chi connectivity index (χ4v) is 3.46. The minimum Gasteiger partial charge on any atom is -0.496 e. The van der Waals surface area contributed by atoms with E-state index in [-0.39, 0.29) is 5.57 Å². The van der Waals surface area contributed by atoms with Gasteiger partial charge in [0.25, 0.3) is 11.8 Å². The molecule has 1 N–H and O–H groups in total. The first-order valence-corrected chi connectivity index (χ1v) is 9.22. The van der Waals surface area contributed by atoms with Crippen LogP contribution in [0.25, 0.3) is 6.08 Å². The second kappa shape index (κ2) is 7.51. The van der Waals surface area contributed by atoms with Crippen molar-refractivity contribution in [1.29, 1.82) is 0 Å². The third-order valence-corrected chi connectivity index (χ3v) is 5.18. The molecule has 3 rings (SSSR count). The van der Waals surface area contributed by atoms with Gasteiger partial charge >= 0.3 is 6.03 Å². The van der Waals surface area contributed by atoms with E-state index in [1.54, 1.807) is 37.4 Å². The lowest BCUT2D eigenvalue weighted by Crippen LogP contribution is -2.54. The van der Waals surface area contributed by atoms with Gasteiger partial charge in [-0.05, 0) is 83.5 Å². The summed E-state index contributed by atoms with van der Waals surface area (Å²) in [6.07, 6.45) is 1.47. The van der Waals surface area contributed by atoms with Gasteiger partial charge < -0.3 is 4.74 Å². The molecule has 0 aromatic heterocycles. The SMILES string of the molecule is COc1ccc(/C=C2\C(=O)NC(=O)N(c3ccc(C)c(C)c3)C2=O)cc1I. The Morgan fingerprint density at radius 3 is 2.41 bits per heavy atom. The number of carbonyl (C=O) groups is 3. The minimum absolute atomic E-state index is 0.103. The van der Waals surface area contributed by atoms with Crippen LogP contribution in [0.2, 0.25) is 0 Å². The first kappa shape index (κ1) is 19.1. The average Bonchev–Trinajstić information content (AvgIpc) is 2.61. The first-order valence-electron chi connectivity index (χ1n) is 8.14. The Morgan fingerprint density at radius 1 is 1.04 bits per heavy atom. The normalized spacial score (nSPS) is 15.9. The van der Waals surface area contributed by atoms with E-state index < -0.39 is 17.8 Å². The number of methoxy groups -OCH3 is 1. The number of ether oxygens (including phenoxy) is 1. The lowest BCUT2D eigenvalue weighted by atomic mass is 10.1. The van der Waals surface area contributed by atoms with E-state index in [1.165, 1.54) is 6.08 Å². The fraction of sp³-hybridized carbons (Fsp3) is 0.150. The lowest BCUT2D eigenvalue weighted by Gasteiger charge is -2.26. The van der Waals surface area contributed by atoms with Gasteiger partial charge in [-0.15, -0.1) is 0 Å². The number of nitrogens with one attached hydrogen (secondary N) is 1. The molecule has 6 nitrogen and oxygen atoms in total. The van der Waals surface area contributed by atoms with Gasteiger partial charge in [0, 0.05) is 0 Å².